The Morgan fingerprint density at radius 1 is 1.00 bits per heavy atom. The van der Waals surface area contributed by atoms with Gasteiger partial charge in [-0.2, -0.15) is 0 Å². The third-order valence-corrected chi connectivity index (χ3v) is 4.35. The first kappa shape index (κ1) is 28.6. The fourth-order valence-corrected chi connectivity index (χ4v) is 2.90. The first-order valence-corrected chi connectivity index (χ1v) is 11.4. The van der Waals surface area contributed by atoms with Gasteiger partial charge in [0.15, 0.2) is 6.29 Å². The molecule has 3 N–H and O–H groups in total. The Balaban J connectivity index is 4.50. The highest BCUT2D eigenvalue weighted by molar-refractivity contribution is 5.81. The molecule has 0 spiro atoms. The van der Waals surface area contributed by atoms with Crippen LogP contribution in [0.2, 0.25) is 0 Å². The van der Waals surface area contributed by atoms with Crippen molar-refractivity contribution in [2.24, 2.45) is 5.73 Å². The zero-order chi connectivity index (χ0) is 23.0. The molecule has 0 unspecified atom stereocenters. The van der Waals surface area contributed by atoms with Crippen molar-refractivity contribution in [1.29, 1.82) is 0 Å². The SMILES string of the molecule is CCCCCN(CC(OCC)OCC)C(=O)[C@@H](N)CCCCNC(=O)OC(C)(C)C. The predicted molar refractivity (Wildman–Crippen MR) is 119 cm³/mol. The Labute approximate surface area is 183 Å². The van der Waals surface area contributed by atoms with Crippen LogP contribution in [-0.2, 0) is 19.0 Å². The summed E-state index contributed by atoms with van der Waals surface area (Å²) in [5, 5.41) is 2.72. The van der Waals surface area contributed by atoms with E-state index in [1.54, 1.807) is 4.90 Å². The highest BCUT2D eigenvalue weighted by Crippen LogP contribution is 2.09. The van der Waals surface area contributed by atoms with Gasteiger partial charge in [0.05, 0.1) is 12.6 Å². The van der Waals surface area contributed by atoms with Crippen LogP contribution in [0.3, 0.4) is 0 Å². The first-order valence-electron chi connectivity index (χ1n) is 11.4. The Morgan fingerprint density at radius 2 is 1.63 bits per heavy atom. The van der Waals surface area contributed by atoms with E-state index in [0.29, 0.717) is 39.3 Å². The van der Waals surface area contributed by atoms with Gasteiger partial charge in [-0.25, -0.2) is 4.79 Å². The summed E-state index contributed by atoms with van der Waals surface area (Å²) < 4.78 is 16.4. The number of nitrogens with zero attached hydrogens (tertiary/aromatic N) is 1. The van der Waals surface area contributed by atoms with Gasteiger partial charge in [0.25, 0.3) is 0 Å². The fourth-order valence-electron chi connectivity index (χ4n) is 2.90. The molecule has 0 aromatic rings. The largest absolute Gasteiger partial charge is 0.444 e. The van der Waals surface area contributed by atoms with Gasteiger partial charge in [-0.3, -0.25) is 4.79 Å². The Kier molecular flexibility index (Phi) is 15.6. The summed E-state index contributed by atoms with van der Waals surface area (Å²) in [5.74, 6) is -0.0735. The van der Waals surface area contributed by atoms with Gasteiger partial charge in [0, 0.05) is 26.3 Å². The van der Waals surface area contributed by atoms with Crippen LogP contribution in [0.25, 0.3) is 0 Å². The zero-order valence-corrected chi connectivity index (χ0v) is 20.0. The molecule has 0 bridgehead atoms. The first-order chi connectivity index (χ1) is 14.1. The molecule has 2 amide bonds. The molecule has 8 nitrogen and oxygen atoms in total. The zero-order valence-electron chi connectivity index (χ0n) is 20.0. The average Bonchev–Trinajstić information content (AvgIpc) is 2.65. The standard InChI is InChI=1S/C22H45N3O5/c1-7-10-13-16-25(17-19(28-8-2)29-9-3)20(26)18(23)14-11-12-15-24-21(27)30-22(4,5)6/h18-19H,7-17,23H2,1-6H3,(H,24,27)/t18-/m0/s1. The molecule has 0 aliphatic rings. The molecule has 30 heavy (non-hydrogen) atoms. The van der Waals surface area contributed by atoms with Gasteiger partial charge < -0.3 is 30.2 Å². The van der Waals surface area contributed by atoms with Gasteiger partial charge in [0.2, 0.25) is 5.91 Å². The van der Waals surface area contributed by atoms with Gasteiger partial charge in [-0.15, -0.1) is 0 Å². The number of carbonyl (C=O) groups excluding carboxylic acids is 2. The normalized spacial score (nSPS) is 12.7. The number of carbonyl (C=O) groups is 2. The van der Waals surface area contributed by atoms with Crippen molar-refractivity contribution in [3.8, 4) is 0 Å². The summed E-state index contributed by atoms with van der Waals surface area (Å²) >= 11 is 0. The van der Waals surface area contributed by atoms with Crippen molar-refractivity contribution >= 4 is 12.0 Å². The molecule has 0 saturated carbocycles. The maximum absolute atomic E-state index is 12.9. The number of hydrogen-bond donors (Lipinski definition) is 2. The van der Waals surface area contributed by atoms with Gasteiger partial charge in [0.1, 0.15) is 5.60 Å². The van der Waals surface area contributed by atoms with E-state index in [0.717, 1.165) is 32.1 Å². The lowest BCUT2D eigenvalue weighted by Gasteiger charge is -2.29. The number of amides is 2. The number of nitrogens with one attached hydrogen (secondary N) is 1. The molecule has 0 aromatic heterocycles. The molecule has 0 heterocycles. The number of nitrogens with two attached hydrogens (primary N) is 1. The lowest BCUT2D eigenvalue weighted by molar-refractivity contribution is -0.159. The van der Waals surface area contributed by atoms with E-state index in [1.807, 2.05) is 34.6 Å². The van der Waals surface area contributed by atoms with Gasteiger partial charge in [-0.05, 0) is 60.3 Å². The molecule has 0 aliphatic carbocycles. The van der Waals surface area contributed by atoms with E-state index in [-0.39, 0.29) is 5.91 Å². The van der Waals surface area contributed by atoms with Crippen LogP contribution in [0.5, 0.6) is 0 Å². The summed E-state index contributed by atoms with van der Waals surface area (Å²) in [4.78, 5) is 26.3. The number of rotatable bonds is 16. The monoisotopic (exact) mass is 431 g/mol. The summed E-state index contributed by atoms with van der Waals surface area (Å²) in [6.45, 7) is 14.0. The lowest BCUT2D eigenvalue weighted by Crippen LogP contribution is -2.48. The second-order valence-corrected chi connectivity index (χ2v) is 8.36. The predicted octanol–water partition coefficient (Wildman–Crippen LogP) is 3.43. The number of unbranched alkanes of at least 4 members (excludes halogenated alkanes) is 3. The molecule has 1 atom stereocenters. The molecule has 0 rings (SSSR count). The van der Waals surface area contributed by atoms with Crippen molar-refractivity contribution in [2.45, 2.75) is 98.0 Å². The summed E-state index contributed by atoms with van der Waals surface area (Å²) in [6, 6.07) is -0.572. The van der Waals surface area contributed by atoms with E-state index in [9.17, 15) is 9.59 Å². The summed E-state index contributed by atoms with van der Waals surface area (Å²) in [6.07, 6.45) is 4.25. The minimum Gasteiger partial charge on any atom is -0.444 e. The number of ether oxygens (including phenoxy) is 3. The molecule has 0 radical (unpaired) electrons. The quantitative estimate of drug-likeness (QED) is 0.287. The maximum Gasteiger partial charge on any atom is 0.407 e. The average molecular weight is 432 g/mol. The molecule has 8 heteroatoms. The third kappa shape index (κ3) is 14.6. The van der Waals surface area contributed by atoms with Crippen LogP contribution in [0.15, 0.2) is 0 Å². The van der Waals surface area contributed by atoms with E-state index >= 15 is 0 Å². The second kappa shape index (κ2) is 16.3. The van der Waals surface area contributed by atoms with Crippen LogP contribution >= 0.6 is 0 Å². The van der Waals surface area contributed by atoms with E-state index < -0.39 is 24.0 Å². The van der Waals surface area contributed by atoms with Crippen molar-refractivity contribution in [3.05, 3.63) is 0 Å². The fraction of sp³-hybridized carbons (Fsp3) is 0.909. The summed E-state index contributed by atoms with van der Waals surface area (Å²) in [7, 11) is 0. The minimum atomic E-state index is -0.572. The second-order valence-electron chi connectivity index (χ2n) is 8.36. The van der Waals surface area contributed by atoms with Gasteiger partial charge in [-0.1, -0.05) is 19.8 Å². The summed E-state index contributed by atoms with van der Waals surface area (Å²) in [5.41, 5.74) is 5.67. The maximum atomic E-state index is 12.9. The minimum absolute atomic E-state index is 0.0735. The molecule has 0 fully saturated rings. The van der Waals surface area contributed by atoms with Crippen LogP contribution in [0.4, 0.5) is 4.79 Å². The van der Waals surface area contributed by atoms with Crippen molar-refractivity contribution in [3.63, 3.8) is 0 Å². The van der Waals surface area contributed by atoms with E-state index in [1.165, 1.54) is 0 Å². The molecular formula is C22H45N3O5. The number of hydrogen-bond acceptors (Lipinski definition) is 6. The molecule has 0 aromatic carbocycles. The van der Waals surface area contributed by atoms with Crippen LogP contribution < -0.4 is 11.1 Å². The third-order valence-electron chi connectivity index (χ3n) is 4.35. The van der Waals surface area contributed by atoms with Crippen molar-refractivity contribution in [1.82, 2.24) is 10.2 Å². The van der Waals surface area contributed by atoms with E-state index in [2.05, 4.69) is 12.2 Å². The topological polar surface area (TPSA) is 103 Å². The molecule has 0 saturated heterocycles. The van der Waals surface area contributed by atoms with E-state index in [4.69, 9.17) is 19.9 Å². The molecular weight excluding hydrogens is 386 g/mol. The van der Waals surface area contributed by atoms with Crippen LogP contribution in [0, 0.1) is 0 Å². The number of alkyl carbamates (subject to hydrolysis) is 1. The van der Waals surface area contributed by atoms with Crippen LogP contribution in [0.1, 0.15) is 80.1 Å². The van der Waals surface area contributed by atoms with Crippen LogP contribution in [-0.4, -0.2) is 67.7 Å². The van der Waals surface area contributed by atoms with Crippen molar-refractivity contribution in [2.75, 3.05) is 32.8 Å². The van der Waals surface area contributed by atoms with Gasteiger partial charge >= 0.3 is 6.09 Å². The smallest absolute Gasteiger partial charge is 0.407 e. The Morgan fingerprint density at radius 3 is 2.17 bits per heavy atom. The highest BCUT2D eigenvalue weighted by atomic mass is 16.7. The highest BCUT2D eigenvalue weighted by Gasteiger charge is 2.24. The lowest BCUT2D eigenvalue weighted by atomic mass is 10.1. The Bertz CT molecular complexity index is 462. The molecule has 178 valence electrons. The van der Waals surface area contributed by atoms with Crippen molar-refractivity contribution < 1.29 is 23.8 Å². The molecule has 0 aliphatic heterocycles. The Hall–Kier alpha value is -1.38.